The van der Waals surface area contributed by atoms with E-state index in [1.165, 1.54) is 0 Å². The molecule has 0 fully saturated rings. The lowest BCUT2D eigenvalue weighted by Crippen LogP contribution is -2.40. The van der Waals surface area contributed by atoms with Gasteiger partial charge in [-0.3, -0.25) is 14.4 Å². The molecule has 106 valence electrons. The van der Waals surface area contributed by atoms with E-state index in [2.05, 4.69) is 16.0 Å². The van der Waals surface area contributed by atoms with Crippen LogP contribution in [-0.4, -0.2) is 42.5 Å². The fourth-order valence-electron chi connectivity index (χ4n) is 2.05. The summed E-state index contributed by atoms with van der Waals surface area (Å²) in [6.07, 6.45) is 0. The van der Waals surface area contributed by atoms with Crippen LogP contribution in [0, 0.1) is 0 Å². The largest absolute Gasteiger partial charge is 0.480 e. The van der Waals surface area contributed by atoms with Crippen LogP contribution in [0.3, 0.4) is 0 Å². The molecular weight excluding hydrogens is 262 g/mol. The van der Waals surface area contributed by atoms with Crippen molar-refractivity contribution in [3.05, 3.63) is 29.8 Å². The predicted molar refractivity (Wildman–Crippen MR) is 71.3 cm³/mol. The van der Waals surface area contributed by atoms with Crippen LogP contribution in [0.4, 0.5) is 5.69 Å². The Hall–Kier alpha value is -2.57. The summed E-state index contributed by atoms with van der Waals surface area (Å²) in [6, 6.07) is 7.49. The number of carboxylic acids is 1. The minimum absolute atomic E-state index is 0.231. The van der Waals surface area contributed by atoms with E-state index in [1.807, 2.05) is 24.3 Å². The van der Waals surface area contributed by atoms with Gasteiger partial charge in [-0.2, -0.15) is 0 Å². The summed E-state index contributed by atoms with van der Waals surface area (Å²) >= 11 is 0. The van der Waals surface area contributed by atoms with Gasteiger partial charge in [-0.25, -0.2) is 0 Å². The molecule has 0 aliphatic carbocycles. The highest BCUT2D eigenvalue weighted by molar-refractivity contribution is 5.91. The maximum Gasteiger partial charge on any atom is 0.322 e. The van der Waals surface area contributed by atoms with Gasteiger partial charge >= 0.3 is 5.97 Å². The number of carboxylic acid groups (broad SMARTS) is 1. The highest BCUT2D eigenvalue weighted by atomic mass is 16.4. The summed E-state index contributed by atoms with van der Waals surface area (Å²) in [5.74, 6) is -2.25. The van der Waals surface area contributed by atoms with E-state index in [-0.39, 0.29) is 18.4 Å². The summed E-state index contributed by atoms with van der Waals surface area (Å²) in [4.78, 5) is 33.6. The van der Waals surface area contributed by atoms with E-state index >= 15 is 0 Å². The minimum Gasteiger partial charge on any atom is -0.480 e. The average molecular weight is 277 g/mol. The topological polar surface area (TPSA) is 108 Å². The Morgan fingerprint density at radius 3 is 2.70 bits per heavy atom. The van der Waals surface area contributed by atoms with Crippen molar-refractivity contribution < 1.29 is 19.5 Å². The van der Waals surface area contributed by atoms with E-state index in [0.29, 0.717) is 6.54 Å². The van der Waals surface area contributed by atoms with Gasteiger partial charge in [0.1, 0.15) is 6.54 Å². The third-order valence-electron chi connectivity index (χ3n) is 3.01. The molecule has 1 aromatic rings. The first-order chi connectivity index (χ1) is 9.58. The first kappa shape index (κ1) is 13.9. The van der Waals surface area contributed by atoms with Gasteiger partial charge in [0.15, 0.2) is 0 Å². The molecule has 1 heterocycles. The first-order valence-corrected chi connectivity index (χ1v) is 6.17. The maximum absolute atomic E-state index is 12.0. The van der Waals surface area contributed by atoms with Gasteiger partial charge in [-0.15, -0.1) is 0 Å². The molecule has 1 aliphatic rings. The van der Waals surface area contributed by atoms with Gasteiger partial charge in [0, 0.05) is 12.2 Å². The van der Waals surface area contributed by atoms with Crippen LogP contribution in [0.15, 0.2) is 24.3 Å². The van der Waals surface area contributed by atoms with Crippen LogP contribution in [0.1, 0.15) is 11.5 Å². The number of carbonyl (C=O) groups is 3. The molecule has 0 aromatic heterocycles. The van der Waals surface area contributed by atoms with Gasteiger partial charge in [0.05, 0.1) is 12.5 Å². The Balaban J connectivity index is 1.85. The van der Waals surface area contributed by atoms with Gasteiger partial charge in [0.2, 0.25) is 11.8 Å². The van der Waals surface area contributed by atoms with Crippen LogP contribution < -0.4 is 16.0 Å². The maximum atomic E-state index is 12.0. The third-order valence-corrected chi connectivity index (χ3v) is 3.01. The van der Waals surface area contributed by atoms with Crippen molar-refractivity contribution in [3.8, 4) is 0 Å². The molecule has 2 rings (SSSR count). The number of anilines is 1. The Morgan fingerprint density at radius 1 is 1.20 bits per heavy atom. The molecule has 0 saturated heterocycles. The zero-order valence-corrected chi connectivity index (χ0v) is 10.7. The number of carbonyl (C=O) groups excluding carboxylic acids is 2. The number of amides is 2. The lowest BCUT2D eigenvalue weighted by atomic mass is 10.0. The lowest BCUT2D eigenvalue weighted by molar-refractivity contribution is -0.137. The zero-order valence-electron chi connectivity index (χ0n) is 10.7. The van der Waals surface area contributed by atoms with E-state index in [9.17, 15) is 14.4 Å². The van der Waals surface area contributed by atoms with E-state index in [4.69, 9.17) is 5.11 Å². The van der Waals surface area contributed by atoms with E-state index < -0.39 is 18.4 Å². The Bertz CT molecular complexity index is 544. The molecule has 7 nitrogen and oxygen atoms in total. The summed E-state index contributed by atoms with van der Waals surface area (Å²) in [5.41, 5.74) is 1.82. The minimum atomic E-state index is -1.13. The second-order valence-electron chi connectivity index (χ2n) is 4.41. The second kappa shape index (κ2) is 6.05. The third kappa shape index (κ3) is 3.25. The molecule has 4 N–H and O–H groups in total. The highest BCUT2D eigenvalue weighted by Gasteiger charge is 2.28. The van der Waals surface area contributed by atoms with Crippen LogP contribution >= 0.6 is 0 Å². The van der Waals surface area contributed by atoms with E-state index in [0.717, 1.165) is 11.3 Å². The normalized spacial score (nSPS) is 15.9. The molecular formula is C13H15N3O4. The summed E-state index contributed by atoms with van der Waals surface area (Å²) < 4.78 is 0. The van der Waals surface area contributed by atoms with Gasteiger partial charge in [-0.1, -0.05) is 18.2 Å². The molecule has 0 bridgehead atoms. The fraction of sp³-hybridized carbons (Fsp3) is 0.308. The molecule has 1 atom stereocenters. The molecule has 1 aliphatic heterocycles. The summed E-state index contributed by atoms with van der Waals surface area (Å²) in [6.45, 7) is -0.199. The highest BCUT2D eigenvalue weighted by Crippen LogP contribution is 2.30. The number of rotatable bonds is 5. The average Bonchev–Trinajstić information content (AvgIpc) is 2.86. The Labute approximate surface area is 115 Å². The predicted octanol–water partition coefficient (Wildman–Crippen LogP) is -0.487. The number of hydrogen-bond donors (Lipinski definition) is 4. The van der Waals surface area contributed by atoms with Crippen LogP contribution in [0.5, 0.6) is 0 Å². The monoisotopic (exact) mass is 277 g/mol. The van der Waals surface area contributed by atoms with Crippen molar-refractivity contribution in [1.29, 1.82) is 0 Å². The summed E-state index contributed by atoms with van der Waals surface area (Å²) in [7, 11) is 0. The van der Waals surface area contributed by atoms with E-state index in [1.54, 1.807) is 0 Å². The smallest absolute Gasteiger partial charge is 0.322 e. The quantitative estimate of drug-likeness (QED) is 0.581. The van der Waals surface area contributed by atoms with Gasteiger partial charge in [-0.05, 0) is 11.6 Å². The number of para-hydroxylation sites is 1. The zero-order chi connectivity index (χ0) is 14.5. The number of nitrogens with one attached hydrogen (secondary N) is 3. The summed E-state index contributed by atoms with van der Waals surface area (Å²) in [5, 5.41) is 16.2. The van der Waals surface area contributed by atoms with Crippen LogP contribution in [0.25, 0.3) is 0 Å². The van der Waals surface area contributed by atoms with Crippen molar-refractivity contribution in [3.63, 3.8) is 0 Å². The van der Waals surface area contributed by atoms with Crippen molar-refractivity contribution in [1.82, 2.24) is 10.6 Å². The van der Waals surface area contributed by atoms with Crippen molar-refractivity contribution in [2.45, 2.75) is 5.92 Å². The number of aliphatic carboxylic acids is 1. The molecule has 7 heteroatoms. The van der Waals surface area contributed by atoms with Crippen molar-refractivity contribution >= 4 is 23.5 Å². The van der Waals surface area contributed by atoms with Crippen molar-refractivity contribution in [2.24, 2.45) is 0 Å². The first-order valence-electron chi connectivity index (χ1n) is 6.17. The van der Waals surface area contributed by atoms with Crippen LogP contribution in [0.2, 0.25) is 0 Å². The lowest BCUT2D eigenvalue weighted by Gasteiger charge is -2.10. The number of benzene rings is 1. The molecule has 0 spiro atoms. The second-order valence-corrected chi connectivity index (χ2v) is 4.41. The molecule has 1 aromatic carbocycles. The Morgan fingerprint density at radius 2 is 1.95 bits per heavy atom. The number of fused-ring (bicyclic) bond motifs is 1. The molecule has 1 unspecified atom stereocenters. The van der Waals surface area contributed by atoms with Gasteiger partial charge in [0.25, 0.3) is 0 Å². The fourth-order valence-corrected chi connectivity index (χ4v) is 2.05. The Kier molecular flexibility index (Phi) is 4.19. The SMILES string of the molecule is O=C(O)CNC(=O)CNC(=O)C1CNc2ccccc21. The van der Waals surface area contributed by atoms with Crippen molar-refractivity contribution in [2.75, 3.05) is 25.0 Å². The molecule has 2 amide bonds. The molecule has 20 heavy (non-hydrogen) atoms. The standard InChI is InChI=1S/C13H15N3O4/c17-11(15-7-12(18)19)6-16-13(20)9-5-14-10-4-2-1-3-8(9)10/h1-4,9,14H,5-7H2,(H,15,17)(H,16,20)(H,18,19). The molecule has 0 radical (unpaired) electrons. The van der Waals surface area contributed by atoms with Gasteiger partial charge < -0.3 is 21.1 Å². The molecule has 0 saturated carbocycles. The number of hydrogen-bond acceptors (Lipinski definition) is 4. The van der Waals surface area contributed by atoms with Crippen LogP contribution in [-0.2, 0) is 14.4 Å².